The van der Waals surface area contributed by atoms with Gasteiger partial charge in [-0.15, -0.1) is 0 Å². The van der Waals surface area contributed by atoms with Crippen LogP contribution in [0.4, 0.5) is 4.39 Å². The largest absolute Gasteiger partial charge is 0.464 e. The Balaban J connectivity index is 2.18. The van der Waals surface area contributed by atoms with E-state index in [0.717, 1.165) is 11.8 Å². The Bertz CT molecular complexity index is 655. The molecular weight excluding hydrogens is 304 g/mol. The van der Waals surface area contributed by atoms with E-state index in [1.807, 2.05) is 6.92 Å². The summed E-state index contributed by atoms with van der Waals surface area (Å²) in [6.45, 7) is 3.57. The van der Waals surface area contributed by atoms with Gasteiger partial charge in [-0.3, -0.25) is 4.79 Å². The number of aryl methyl sites for hydroxylation is 1. The second-order valence-corrected chi connectivity index (χ2v) is 5.20. The number of carbonyl (C=O) groups excluding carboxylic acids is 1. The molecule has 0 spiro atoms. The average molecular weight is 316 g/mol. The molecule has 6 heteroatoms. The molecule has 3 nitrogen and oxygen atoms in total. The third kappa shape index (κ3) is 3.14. The van der Waals surface area contributed by atoms with Crippen LogP contribution in [-0.2, 0) is 0 Å². The van der Waals surface area contributed by atoms with Crippen LogP contribution in [0.5, 0.6) is 0 Å². The molecule has 1 atom stereocenters. The summed E-state index contributed by atoms with van der Waals surface area (Å²) < 4.78 is 18.8. The number of halogens is 3. The molecule has 0 aliphatic carbocycles. The van der Waals surface area contributed by atoms with Crippen molar-refractivity contribution in [3.63, 3.8) is 0 Å². The smallest absolute Gasteiger partial charge is 0.253 e. The molecule has 1 N–H and O–H groups in total. The van der Waals surface area contributed by atoms with Gasteiger partial charge in [-0.25, -0.2) is 4.39 Å². The van der Waals surface area contributed by atoms with Gasteiger partial charge in [0.25, 0.3) is 5.91 Å². The van der Waals surface area contributed by atoms with Crippen molar-refractivity contribution < 1.29 is 13.6 Å². The fraction of sp³-hybridized carbons (Fsp3) is 0.214. The fourth-order valence-corrected chi connectivity index (χ4v) is 2.20. The van der Waals surface area contributed by atoms with Crippen molar-refractivity contribution in [3.8, 4) is 0 Å². The number of carbonyl (C=O) groups is 1. The minimum atomic E-state index is -0.692. The van der Waals surface area contributed by atoms with E-state index >= 15 is 0 Å². The monoisotopic (exact) mass is 315 g/mol. The highest BCUT2D eigenvalue weighted by atomic mass is 35.5. The van der Waals surface area contributed by atoms with Gasteiger partial charge in [0.2, 0.25) is 0 Å². The Morgan fingerprint density at radius 2 is 2.00 bits per heavy atom. The first-order chi connectivity index (χ1) is 9.38. The van der Waals surface area contributed by atoms with Crippen LogP contribution in [0, 0.1) is 12.7 Å². The maximum Gasteiger partial charge on any atom is 0.253 e. The van der Waals surface area contributed by atoms with Crippen LogP contribution < -0.4 is 5.32 Å². The number of hydrogen-bond donors (Lipinski definition) is 1. The molecular formula is C14H12Cl2FNO2. The van der Waals surface area contributed by atoms with Gasteiger partial charge in [-0.2, -0.15) is 0 Å². The minimum Gasteiger partial charge on any atom is -0.464 e. The second-order valence-electron chi connectivity index (χ2n) is 4.39. The maximum atomic E-state index is 13.4. The Hall–Kier alpha value is -1.52. The van der Waals surface area contributed by atoms with E-state index in [4.69, 9.17) is 27.6 Å². The minimum absolute atomic E-state index is 0.0312. The lowest BCUT2D eigenvalue weighted by Crippen LogP contribution is -2.26. The van der Waals surface area contributed by atoms with E-state index in [1.54, 1.807) is 19.1 Å². The Kier molecular flexibility index (Phi) is 4.35. The SMILES string of the molecule is Cc1ccc(C(C)NC(=O)c2cc(F)c(Cl)cc2Cl)o1. The summed E-state index contributed by atoms with van der Waals surface area (Å²) in [7, 11) is 0. The molecule has 1 heterocycles. The van der Waals surface area contributed by atoms with E-state index in [-0.39, 0.29) is 21.7 Å². The number of furan rings is 1. The van der Waals surface area contributed by atoms with Crippen LogP contribution in [0.2, 0.25) is 10.0 Å². The molecule has 0 saturated carbocycles. The molecule has 1 unspecified atom stereocenters. The summed E-state index contributed by atoms with van der Waals surface area (Å²) in [5.74, 6) is 0.174. The second kappa shape index (κ2) is 5.85. The molecule has 0 bridgehead atoms. The van der Waals surface area contributed by atoms with E-state index in [2.05, 4.69) is 5.32 Å². The predicted molar refractivity (Wildman–Crippen MR) is 75.7 cm³/mol. The number of nitrogens with one attached hydrogen (secondary N) is 1. The Morgan fingerprint density at radius 1 is 1.30 bits per heavy atom. The first kappa shape index (κ1) is 14.9. The van der Waals surface area contributed by atoms with E-state index < -0.39 is 11.7 Å². The standard InChI is InChI=1S/C14H12Cl2FNO2/c1-7-3-4-13(20-7)8(2)18-14(19)9-5-12(17)11(16)6-10(9)15/h3-6,8H,1-2H3,(H,18,19). The van der Waals surface area contributed by atoms with E-state index in [0.29, 0.717) is 5.76 Å². The highest BCUT2D eigenvalue weighted by Crippen LogP contribution is 2.25. The first-order valence-corrected chi connectivity index (χ1v) is 6.66. The van der Waals surface area contributed by atoms with Crippen LogP contribution >= 0.6 is 23.2 Å². The van der Waals surface area contributed by atoms with Gasteiger partial charge in [0.05, 0.1) is 21.7 Å². The third-order valence-corrected chi connectivity index (χ3v) is 3.39. The normalized spacial score (nSPS) is 12.2. The average Bonchev–Trinajstić information content (AvgIpc) is 2.80. The van der Waals surface area contributed by atoms with Crippen molar-refractivity contribution >= 4 is 29.1 Å². The molecule has 1 aromatic carbocycles. The molecule has 1 aromatic heterocycles. The van der Waals surface area contributed by atoms with Crippen LogP contribution in [0.25, 0.3) is 0 Å². The van der Waals surface area contributed by atoms with Gasteiger partial charge in [-0.1, -0.05) is 23.2 Å². The summed E-state index contributed by atoms with van der Waals surface area (Å²) in [5, 5.41) is 2.66. The zero-order chi connectivity index (χ0) is 14.9. The zero-order valence-electron chi connectivity index (χ0n) is 10.8. The molecule has 0 aliphatic heterocycles. The number of hydrogen-bond acceptors (Lipinski definition) is 2. The fourth-order valence-electron chi connectivity index (χ4n) is 1.73. The number of benzene rings is 1. The van der Waals surface area contributed by atoms with Crippen molar-refractivity contribution in [2.45, 2.75) is 19.9 Å². The third-order valence-electron chi connectivity index (χ3n) is 2.79. The first-order valence-electron chi connectivity index (χ1n) is 5.90. The van der Waals surface area contributed by atoms with Crippen LogP contribution in [0.1, 0.15) is 34.8 Å². The van der Waals surface area contributed by atoms with Gasteiger partial charge in [0.1, 0.15) is 17.3 Å². The molecule has 2 aromatic rings. The lowest BCUT2D eigenvalue weighted by molar-refractivity contribution is 0.0935. The van der Waals surface area contributed by atoms with Gasteiger partial charge in [0.15, 0.2) is 0 Å². The molecule has 1 amide bonds. The van der Waals surface area contributed by atoms with Crippen molar-refractivity contribution in [1.29, 1.82) is 0 Å². The molecule has 0 saturated heterocycles. The topological polar surface area (TPSA) is 42.2 Å². The molecule has 0 fully saturated rings. The quantitative estimate of drug-likeness (QED) is 0.846. The Morgan fingerprint density at radius 3 is 2.60 bits per heavy atom. The maximum absolute atomic E-state index is 13.4. The van der Waals surface area contributed by atoms with Crippen molar-refractivity contribution in [2.24, 2.45) is 0 Å². The van der Waals surface area contributed by atoms with Crippen molar-refractivity contribution in [1.82, 2.24) is 5.32 Å². The van der Waals surface area contributed by atoms with Crippen molar-refractivity contribution in [3.05, 3.63) is 57.2 Å². The highest BCUT2D eigenvalue weighted by molar-refractivity contribution is 6.36. The van der Waals surface area contributed by atoms with Crippen LogP contribution in [0.15, 0.2) is 28.7 Å². The molecule has 20 heavy (non-hydrogen) atoms. The van der Waals surface area contributed by atoms with Crippen molar-refractivity contribution in [2.75, 3.05) is 0 Å². The van der Waals surface area contributed by atoms with Gasteiger partial charge in [-0.05, 0) is 38.1 Å². The summed E-state index contributed by atoms with van der Waals surface area (Å²) in [6.07, 6.45) is 0. The Labute approximate surface area is 125 Å². The van der Waals surface area contributed by atoms with Gasteiger partial charge >= 0.3 is 0 Å². The summed E-state index contributed by atoms with van der Waals surface area (Å²) in [6, 6.07) is 5.43. The summed E-state index contributed by atoms with van der Waals surface area (Å²) >= 11 is 11.5. The van der Waals surface area contributed by atoms with E-state index in [1.165, 1.54) is 6.07 Å². The van der Waals surface area contributed by atoms with Gasteiger partial charge in [0, 0.05) is 0 Å². The summed E-state index contributed by atoms with van der Waals surface area (Å²) in [5.41, 5.74) is 0.0312. The lowest BCUT2D eigenvalue weighted by atomic mass is 10.1. The molecule has 0 aliphatic rings. The molecule has 2 rings (SSSR count). The van der Waals surface area contributed by atoms with E-state index in [9.17, 15) is 9.18 Å². The molecule has 106 valence electrons. The number of amides is 1. The lowest BCUT2D eigenvalue weighted by Gasteiger charge is -2.12. The molecule has 0 radical (unpaired) electrons. The van der Waals surface area contributed by atoms with Crippen LogP contribution in [0.3, 0.4) is 0 Å². The summed E-state index contributed by atoms with van der Waals surface area (Å²) in [4.78, 5) is 12.1. The zero-order valence-corrected chi connectivity index (χ0v) is 12.3. The van der Waals surface area contributed by atoms with Crippen LogP contribution in [-0.4, -0.2) is 5.91 Å². The number of rotatable bonds is 3. The predicted octanol–water partition coefficient (Wildman–Crippen LogP) is 4.52. The highest BCUT2D eigenvalue weighted by Gasteiger charge is 2.18. The van der Waals surface area contributed by atoms with Gasteiger partial charge < -0.3 is 9.73 Å².